The van der Waals surface area contributed by atoms with Crippen LogP contribution in [0.5, 0.6) is 0 Å². The Balaban J connectivity index is 2.49. The number of carboxylic acid groups (broad SMARTS) is 1. The van der Waals surface area contributed by atoms with Crippen molar-refractivity contribution in [2.75, 3.05) is 0 Å². The van der Waals surface area contributed by atoms with E-state index in [1.54, 1.807) is 0 Å². The third-order valence-corrected chi connectivity index (χ3v) is 2.12. The Morgan fingerprint density at radius 1 is 1.33 bits per heavy atom. The van der Waals surface area contributed by atoms with E-state index < -0.39 is 5.97 Å². The highest BCUT2D eigenvalue weighted by molar-refractivity contribution is 9.10. The van der Waals surface area contributed by atoms with Gasteiger partial charge in [0.05, 0.1) is 10.7 Å². The van der Waals surface area contributed by atoms with Gasteiger partial charge in [-0.25, -0.2) is 14.8 Å². The summed E-state index contributed by atoms with van der Waals surface area (Å²) in [5, 5.41) is 15.0. The predicted molar refractivity (Wildman–Crippen MR) is 54.3 cm³/mol. The molecule has 0 aromatic carbocycles. The number of nitrogens with zero attached hydrogens (tertiary/aromatic N) is 3. The zero-order valence-corrected chi connectivity index (χ0v) is 8.89. The van der Waals surface area contributed by atoms with Gasteiger partial charge >= 0.3 is 5.97 Å². The van der Waals surface area contributed by atoms with Crippen molar-refractivity contribution in [3.05, 3.63) is 28.6 Å². The van der Waals surface area contributed by atoms with E-state index in [1.807, 2.05) is 0 Å². The van der Waals surface area contributed by atoms with Crippen molar-refractivity contribution in [3.8, 4) is 11.5 Å². The fourth-order valence-corrected chi connectivity index (χ4v) is 1.26. The number of carbonyl (C=O) groups is 1. The summed E-state index contributed by atoms with van der Waals surface area (Å²) in [4.78, 5) is 18.7. The number of halogens is 1. The number of H-pyrrole nitrogens is 1. The Kier molecular flexibility index (Phi) is 2.46. The highest BCUT2D eigenvalue weighted by Crippen LogP contribution is 2.17. The van der Waals surface area contributed by atoms with Crippen LogP contribution in [0.3, 0.4) is 0 Å². The topological polar surface area (TPSA) is 91.8 Å². The van der Waals surface area contributed by atoms with Gasteiger partial charge in [0.25, 0.3) is 0 Å². The second-order valence-electron chi connectivity index (χ2n) is 2.69. The van der Waals surface area contributed by atoms with Crippen molar-refractivity contribution in [2.24, 2.45) is 0 Å². The third kappa shape index (κ3) is 1.86. The van der Waals surface area contributed by atoms with E-state index in [0.717, 1.165) is 4.47 Å². The predicted octanol–water partition coefficient (Wildman–Crippen LogP) is 1.33. The van der Waals surface area contributed by atoms with E-state index in [1.165, 1.54) is 18.6 Å². The van der Waals surface area contributed by atoms with Crippen molar-refractivity contribution in [1.29, 1.82) is 0 Å². The molecule has 0 aliphatic rings. The first kappa shape index (κ1) is 9.78. The van der Waals surface area contributed by atoms with Crippen molar-refractivity contribution in [2.45, 2.75) is 0 Å². The van der Waals surface area contributed by atoms with Gasteiger partial charge in [0, 0.05) is 12.4 Å². The van der Waals surface area contributed by atoms with Crippen LogP contribution in [0.15, 0.2) is 23.1 Å². The first-order valence-corrected chi connectivity index (χ1v) is 4.72. The molecule has 0 saturated heterocycles. The molecule has 0 atom stereocenters. The summed E-state index contributed by atoms with van der Waals surface area (Å²) in [6.07, 6.45) is 4.30. The normalized spacial score (nSPS) is 10.2. The van der Waals surface area contributed by atoms with Crippen LogP contribution >= 0.6 is 15.9 Å². The van der Waals surface area contributed by atoms with E-state index in [4.69, 9.17) is 5.11 Å². The fourth-order valence-electron chi connectivity index (χ4n) is 1.06. The number of hydrogen-bond donors (Lipinski definition) is 2. The number of hydrogen-bond acceptors (Lipinski definition) is 4. The van der Waals surface area contributed by atoms with Crippen LogP contribution in [0.1, 0.15) is 10.4 Å². The van der Waals surface area contributed by atoms with Gasteiger partial charge in [-0.05, 0) is 15.9 Å². The molecule has 2 rings (SSSR count). The lowest BCUT2D eigenvalue weighted by molar-refractivity contribution is 0.0697. The maximum absolute atomic E-state index is 10.8. The van der Waals surface area contributed by atoms with Crippen molar-refractivity contribution < 1.29 is 9.90 Å². The molecular formula is C8H5BrN4O2. The van der Waals surface area contributed by atoms with E-state index in [0.29, 0.717) is 11.5 Å². The highest BCUT2D eigenvalue weighted by Gasteiger charge is 2.15. The number of nitrogens with one attached hydrogen (secondary N) is 1. The maximum Gasteiger partial charge on any atom is 0.339 e. The molecule has 0 amide bonds. The molecule has 0 fully saturated rings. The molecule has 2 aromatic rings. The lowest BCUT2D eigenvalue weighted by atomic mass is 10.2. The Labute approximate surface area is 92.5 Å². The van der Waals surface area contributed by atoms with Crippen LogP contribution in [-0.2, 0) is 0 Å². The van der Waals surface area contributed by atoms with E-state index >= 15 is 0 Å². The van der Waals surface area contributed by atoms with E-state index in [9.17, 15) is 4.79 Å². The molecule has 0 spiro atoms. The lowest BCUT2D eigenvalue weighted by Crippen LogP contribution is -1.99. The Hall–Kier alpha value is -1.76. The Morgan fingerprint density at radius 3 is 2.60 bits per heavy atom. The van der Waals surface area contributed by atoms with Gasteiger partial charge in [-0.15, -0.1) is 0 Å². The summed E-state index contributed by atoms with van der Waals surface area (Å²) in [5.74, 6) is -0.765. The molecule has 2 N–H and O–H groups in total. The first-order chi connectivity index (χ1) is 7.18. The number of rotatable bonds is 2. The Bertz CT molecular complexity index is 494. The molecule has 0 unspecified atom stereocenters. The minimum Gasteiger partial charge on any atom is -0.478 e. The van der Waals surface area contributed by atoms with E-state index in [-0.39, 0.29) is 5.56 Å². The van der Waals surface area contributed by atoms with Gasteiger partial charge in [0.1, 0.15) is 11.3 Å². The summed E-state index contributed by atoms with van der Waals surface area (Å²) in [7, 11) is 0. The molecule has 0 aliphatic heterocycles. The maximum atomic E-state index is 10.8. The Morgan fingerprint density at radius 2 is 2.00 bits per heavy atom. The van der Waals surface area contributed by atoms with Crippen LogP contribution in [-0.4, -0.2) is 31.2 Å². The standard InChI is InChI=1S/C8H5BrN4O2/c9-4-1-10-7(11-2-4)6-5(8(14)15)3-12-13-6/h1-3H,(H,12,13)(H,14,15). The van der Waals surface area contributed by atoms with Crippen LogP contribution in [0.4, 0.5) is 0 Å². The molecule has 2 heterocycles. The van der Waals surface area contributed by atoms with Crippen molar-refractivity contribution in [1.82, 2.24) is 20.2 Å². The quantitative estimate of drug-likeness (QED) is 0.857. The molecular weight excluding hydrogens is 264 g/mol. The molecule has 0 radical (unpaired) electrons. The molecule has 76 valence electrons. The van der Waals surface area contributed by atoms with Gasteiger partial charge < -0.3 is 5.11 Å². The number of aromatic carboxylic acids is 1. The molecule has 7 heteroatoms. The number of aromatic nitrogens is 4. The number of aromatic amines is 1. The SMILES string of the molecule is O=C(O)c1cn[nH]c1-c1ncc(Br)cn1. The van der Waals surface area contributed by atoms with Gasteiger partial charge in [0.2, 0.25) is 0 Å². The highest BCUT2D eigenvalue weighted by atomic mass is 79.9. The molecule has 2 aromatic heterocycles. The minimum absolute atomic E-state index is 0.0531. The molecule has 0 bridgehead atoms. The molecule has 15 heavy (non-hydrogen) atoms. The zero-order valence-electron chi connectivity index (χ0n) is 7.31. The average molecular weight is 269 g/mol. The minimum atomic E-state index is -1.06. The molecule has 0 aliphatic carbocycles. The van der Waals surface area contributed by atoms with Gasteiger partial charge in [0.15, 0.2) is 5.82 Å². The summed E-state index contributed by atoms with van der Waals surface area (Å²) >= 11 is 3.19. The lowest BCUT2D eigenvalue weighted by Gasteiger charge is -1.97. The summed E-state index contributed by atoms with van der Waals surface area (Å²) in [6.45, 7) is 0. The fraction of sp³-hybridized carbons (Fsp3) is 0. The van der Waals surface area contributed by atoms with E-state index in [2.05, 4.69) is 36.1 Å². The summed E-state index contributed by atoms with van der Waals surface area (Å²) in [6, 6.07) is 0. The smallest absolute Gasteiger partial charge is 0.339 e. The molecule has 6 nitrogen and oxygen atoms in total. The van der Waals surface area contributed by atoms with Crippen LogP contribution in [0.2, 0.25) is 0 Å². The zero-order chi connectivity index (χ0) is 10.8. The van der Waals surface area contributed by atoms with Crippen molar-refractivity contribution >= 4 is 21.9 Å². The summed E-state index contributed by atoms with van der Waals surface area (Å²) in [5.41, 5.74) is 0.354. The second-order valence-corrected chi connectivity index (χ2v) is 3.60. The van der Waals surface area contributed by atoms with Crippen LogP contribution in [0, 0.1) is 0 Å². The van der Waals surface area contributed by atoms with Crippen LogP contribution < -0.4 is 0 Å². The third-order valence-electron chi connectivity index (χ3n) is 1.71. The summed E-state index contributed by atoms with van der Waals surface area (Å²) < 4.78 is 0.725. The van der Waals surface area contributed by atoms with Gasteiger partial charge in [-0.3, -0.25) is 5.10 Å². The second kappa shape index (κ2) is 3.77. The van der Waals surface area contributed by atoms with Crippen molar-refractivity contribution in [3.63, 3.8) is 0 Å². The van der Waals surface area contributed by atoms with Gasteiger partial charge in [-0.1, -0.05) is 0 Å². The van der Waals surface area contributed by atoms with Gasteiger partial charge in [-0.2, -0.15) is 5.10 Å². The number of carboxylic acids is 1. The monoisotopic (exact) mass is 268 g/mol. The first-order valence-electron chi connectivity index (χ1n) is 3.93. The molecule has 0 saturated carbocycles. The largest absolute Gasteiger partial charge is 0.478 e. The van der Waals surface area contributed by atoms with Crippen LogP contribution in [0.25, 0.3) is 11.5 Å². The average Bonchev–Trinajstić information content (AvgIpc) is 2.67.